The van der Waals surface area contributed by atoms with Gasteiger partial charge in [-0.05, 0) is 37.0 Å². The molecule has 0 saturated carbocycles. The van der Waals surface area contributed by atoms with Crippen LogP contribution in [0.2, 0.25) is 10.0 Å². The van der Waals surface area contributed by atoms with Gasteiger partial charge in [-0.1, -0.05) is 41.4 Å². The number of carboxylic acid groups (broad SMARTS) is 1. The zero-order valence-electron chi connectivity index (χ0n) is 11.9. The second kappa shape index (κ2) is 7.65. The molecule has 118 valence electrons. The number of hydrogen-bond acceptors (Lipinski definition) is 3. The second-order valence-electron chi connectivity index (χ2n) is 5.25. The Labute approximate surface area is 139 Å². The van der Waals surface area contributed by atoms with Gasteiger partial charge in [0.25, 0.3) is 0 Å². The Morgan fingerprint density at radius 1 is 1.18 bits per heavy atom. The molecule has 1 aromatic carbocycles. The van der Waals surface area contributed by atoms with Crippen LogP contribution in [0.3, 0.4) is 0 Å². The van der Waals surface area contributed by atoms with Gasteiger partial charge in [0.05, 0.1) is 0 Å². The summed E-state index contributed by atoms with van der Waals surface area (Å²) in [6.07, 6.45) is 4.92. The molecule has 22 heavy (non-hydrogen) atoms. The monoisotopic (exact) mass is 340 g/mol. The second-order valence-corrected chi connectivity index (χ2v) is 6.10. The molecule has 0 aromatic heterocycles. The highest BCUT2D eigenvalue weighted by Gasteiger charge is 2.29. The highest BCUT2D eigenvalue weighted by molar-refractivity contribution is 6.35. The van der Waals surface area contributed by atoms with Gasteiger partial charge in [-0.3, -0.25) is 4.79 Å². The van der Waals surface area contributed by atoms with Crippen molar-refractivity contribution in [3.63, 3.8) is 0 Å². The zero-order valence-corrected chi connectivity index (χ0v) is 13.4. The number of benzene rings is 1. The fraction of sp³-hybridized carbons (Fsp3) is 0.375. The minimum atomic E-state index is -1.18. The van der Waals surface area contributed by atoms with Gasteiger partial charge in [-0.25, -0.2) is 0 Å². The van der Waals surface area contributed by atoms with Crippen molar-refractivity contribution in [1.29, 1.82) is 0 Å². The van der Waals surface area contributed by atoms with Crippen molar-refractivity contribution >= 4 is 35.1 Å². The van der Waals surface area contributed by atoms with E-state index in [-0.39, 0.29) is 5.91 Å². The summed E-state index contributed by atoms with van der Waals surface area (Å²) in [6.45, 7) is 0.389. The van der Waals surface area contributed by atoms with E-state index in [2.05, 4.69) is 5.32 Å². The molecule has 0 heterocycles. The molecule has 2 atom stereocenters. The topological polar surface area (TPSA) is 69.2 Å². The van der Waals surface area contributed by atoms with Gasteiger partial charge in [0.1, 0.15) is 0 Å². The summed E-state index contributed by atoms with van der Waals surface area (Å²) in [5, 5.41) is 15.0. The number of nitrogens with one attached hydrogen (secondary N) is 1. The van der Waals surface area contributed by atoms with Crippen LogP contribution >= 0.6 is 23.2 Å². The molecule has 6 heteroatoms. The van der Waals surface area contributed by atoms with Crippen molar-refractivity contribution in [2.45, 2.75) is 19.3 Å². The number of carbonyl (C=O) groups is 2. The number of halogens is 2. The quantitative estimate of drug-likeness (QED) is 0.833. The van der Waals surface area contributed by atoms with Crippen LogP contribution in [0.4, 0.5) is 0 Å². The third-order valence-corrected chi connectivity index (χ3v) is 4.37. The van der Waals surface area contributed by atoms with Crippen LogP contribution in [0.15, 0.2) is 30.4 Å². The van der Waals surface area contributed by atoms with E-state index in [0.717, 1.165) is 5.56 Å². The van der Waals surface area contributed by atoms with Gasteiger partial charge >= 0.3 is 0 Å². The van der Waals surface area contributed by atoms with Crippen LogP contribution in [0, 0.1) is 11.8 Å². The Balaban J connectivity index is 1.89. The van der Waals surface area contributed by atoms with Crippen LogP contribution in [-0.4, -0.2) is 18.4 Å². The van der Waals surface area contributed by atoms with Gasteiger partial charge in [-0.15, -0.1) is 0 Å². The summed E-state index contributed by atoms with van der Waals surface area (Å²) in [5.41, 5.74) is 0.881. The Bertz CT molecular complexity index is 601. The Morgan fingerprint density at radius 3 is 2.50 bits per heavy atom. The minimum Gasteiger partial charge on any atom is -0.550 e. The van der Waals surface area contributed by atoms with E-state index in [1.807, 2.05) is 12.1 Å². The summed E-state index contributed by atoms with van der Waals surface area (Å²) in [7, 11) is 0. The normalized spacial score (nSPS) is 20.6. The Kier molecular flexibility index (Phi) is 5.86. The average molecular weight is 341 g/mol. The number of aliphatic carboxylic acids is 1. The molecule has 0 saturated heterocycles. The lowest BCUT2D eigenvalue weighted by atomic mass is 9.82. The summed E-state index contributed by atoms with van der Waals surface area (Å²) >= 11 is 11.9. The van der Waals surface area contributed by atoms with Crippen molar-refractivity contribution in [1.82, 2.24) is 5.32 Å². The molecule has 1 N–H and O–H groups in total. The largest absolute Gasteiger partial charge is 0.550 e. The van der Waals surface area contributed by atoms with Gasteiger partial charge in [0.15, 0.2) is 0 Å². The molecule has 1 amide bonds. The third kappa shape index (κ3) is 4.24. The van der Waals surface area contributed by atoms with Crippen LogP contribution in [0.25, 0.3) is 0 Å². The van der Waals surface area contributed by atoms with E-state index < -0.39 is 17.8 Å². The van der Waals surface area contributed by atoms with Crippen LogP contribution in [0.1, 0.15) is 18.4 Å². The number of hydrogen-bond donors (Lipinski definition) is 1. The first kappa shape index (κ1) is 16.8. The third-order valence-electron chi connectivity index (χ3n) is 3.78. The fourth-order valence-electron chi connectivity index (χ4n) is 2.54. The van der Waals surface area contributed by atoms with Gasteiger partial charge < -0.3 is 15.2 Å². The molecule has 0 bridgehead atoms. The van der Waals surface area contributed by atoms with Crippen molar-refractivity contribution in [3.05, 3.63) is 46.0 Å². The first-order valence-corrected chi connectivity index (χ1v) is 7.82. The van der Waals surface area contributed by atoms with Gasteiger partial charge in [-0.2, -0.15) is 0 Å². The van der Waals surface area contributed by atoms with E-state index in [1.54, 1.807) is 18.2 Å². The van der Waals surface area contributed by atoms with E-state index in [4.69, 9.17) is 23.2 Å². The molecule has 0 fully saturated rings. The predicted octanol–water partition coefficient (Wildman–Crippen LogP) is 1.98. The molecule has 1 aromatic rings. The summed E-state index contributed by atoms with van der Waals surface area (Å²) in [6, 6.07) is 5.20. The number of rotatable bonds is 5. The van der Waals surface area contributed by atoms with Crippen LogP contribution < -0.4 is 10.4 Å². The predicted molar refractivity (Wildman–Crippen MR) is 83.5 cm³/mol. The SMILES string of the molecule is O=C([O-])[C@H]1CC=CC[C@@H]1C(=O)NCCc1ccc(Cl)cc1Cl. The molecule has 2 rings (SSSR count). The van der Waals surface area contributed by atoms with Gasteiger partial charge in [0.2, 0.25) is 5.91 Å². The lowest BCUT2D eigenvalue weighted by Gasteiger charge is -2.28. The molecule has 0 spiro atoms. The molecular formula is C16H16Cl2NO3-. The van der Waals surface area contributed by atoms with Crippen LogP contribution in [0.5, 0.6) is 0 Å². The molecule has 4 nitrogen and oxygen atoms in total. The highest BCUT2D eigenvalue weighted by Crippen LogP contribution is 2.25. The highest BCUT2D eigenvalue weighted by atomic mass is 35.5. The summed E-state index contributed by atoms with van der Waals surface area (Å²) in [4.78, 5) is 23.2. The lowest BCUT2D eigenvalue weighted by molar-refractivity contribution is -0.313. The minimum absolute atomic E-state index is 0.261. The number of carbonyl (C=O) groups excluding carboxylic acids is 2. The summed E-state index contributed by atoms with van der Waals surface area (Å²) in [5.74, 6) is -2.77. The number of carboxylic acids is 1. The number of allylic oxidation sites excluding steroid dienone is 2. The maximum Gasteiger partial charge on any atom is 0.224 e. The first-order valence-electron chi connectivity index (χ1n) is 7.06. The molecule has 1 aliphatic carbocycles. The molecule has 1 aliphatic rings. The van der Waals surface area contributed by atoms with Crippen molar-refractivity contribution < 1.29 is 14.7 Å². The maximum absolute atomic E-state index is 12.2. The van der Waals surface area contributed by atoms with Crippen molar-refractivity contribution in [3.8, 4) is 0 Å². The Morgan fingerprint density at radius 2 is 1.86 bits per heavy atom. The van der Waals surface area contributed by atoms with E-state index in [0.29, 0.717) is 35.9 Å². The van der Waals surface area contributed by atoms with Crippen LogP contribution in [-0.2, 0) is 16.0 Å². The number of amides is 1. The summed E-state index contributed by atoms with van der Waals surface area (Å²) < 4.78 is 0. The van der Waals surface area contributed by atoms with E-state index in [1.165, 1.54) is 0 Å². The maximum atomic E-state index is 12.2. The molecule has 0 unspecified atom stereocenters. The zero-order chi connectivity index (χ0) is 16.1. The standard InChI is InChI=1S/C16H17Cl2NO3/c17-11-6-5-10(14(18)9-11)7-8-19-15(20)12-3-1-2-4-13(12)16(21)22/h1-2,5-6,9,12-13H,3-4,7-8H2,(H,19,20)(H,21,22)/p-1/t12-,13-/m0/s1. The molecule has 0 radical (unpaired) electrons. The van der Waals surface area contributed by atoms with E-state index in [9.17, 15) is 14.7 Å². The van der Waals surface area contributed by atoms with Crippen molar-refractivity contribution in [2.75, 3.05) is 6.54 Å². The van der Waals surface area contributed by atoms with Crippen molar-refractivity contribution in [2.24, 2.45) is 11.8 Å². The average Bonchev–Trinajstić information content (AvgIpc) is 2.49. The fourth-order valence-corrected chi connectivity index (χ4v) is 3.04. The van der Waals surface area contributed by atoms with E-state index >= 15 is 0 Å². The van der Waals surface area contributed by atoms with Gasteiger partial charge in [0, 0.05) is 34.4 Å². The molecular weight excluding hydrogens is 325 g/mol. The Hall–Kier alpha value is -1.52. The molecule has 0 aliphatic heterocycles. The smallest absolute Gasteiger partial charge is 0.224 e. The first-order chi connectivity index (χ1) is 10.5. The lowest BCUT2D eigenvalue weighted by Crippen LogP contribution is -2.44.